The standard InChI is InChI=1S/C18H31N3OS/c1-14(10-18-4-3-9-22-18)19-11-16-5-7-21(8-6-16)12-17-13-23-15(2)20-17/h13-14,16,18-19H,3-12H2,1-2H3/t14-,18-/m0/s1. The molecule has 4 nitrogen and oxygen atoms in total. The molecule has 0 unspecified atom stereocenters. The SMILES string of the molecule is Cc1nc(CN2CCC(CN[C@@H](C)C[C@@H]3CCCO3)CC2)cs1. The Morgan fingerprint density at radius 2 is 2.22 bits per heavy atom. The number of aryl methyl sites for hydroxylation is 1. The molecule has 0 saturated carbocycles. The minimum absolute atomic E-state index is 0.501. The van der Waals surface area contributed by atoms with E-state index in [2.05, 4.69) is 34.4 Å². The molecule has 1 aromatic heterocycles. The molecule has 0 spiro atoms. The number of piperidine rings is 1. The first-order chi connectivity index (χ1) is 11.2. The summed E-state index contributed by atoms with van der Waals surface area (Å²) >= 11 is 1.76. The van der Waals surface area contributed by atoms with Crippen molar-refractivity contribution in [1.82, 2.24) is 15.2 Å². The molecule has 0 radical (unpaired) electrons. The summed E-state index contributed by atoms with van der Waals surface area (Å²) in [6.07, 6.45) is 6.78. The van der Waals surface area contributed by atoms with Gasteiger partial charge in [0, 0.05) is 24.6 Å². The summed E-state index contributed by atoms with van der Waals surface area (Å²) in [4.78, 5) is 7.14. The predicted molar refractivity (Wildman–Crippen MR) is 95.9 cm³/mol. The maximum Gasteiger partial charge on any atom is 0.0897 e. The minimum atomic E-state index is 0.501. The van der Waals surface area contributed by atoms with Gasteiger partial charge in [0.1, 0.15) is 0 Å². The van der Waals surface area contributed by atoms with Gasteiger partial charge in [-0.2, -0.15) is 0 Å². The van der Waals surface area contributed by atoms with Crippen LogP contribution in [0.15, 0.2) is 5.38 Å². The van der Waals surface area contributed by atoms with Gasteiger partial charge in [0.05, 0.1) is 16.8 Å². The van der Waals surface area contributed by atoms with Crippen LogP contribution >= 0.6 is 11.3 Å². The summed E-state index contributed by atoms with van der Waals surface area (Å²) in [6, 6.07) is 0.578. The highest BCUT2D eigenvalue weighted by atomic mass is 32.1. The number of nitrogens with one attached hydrogen (secondary N) is 1. The summed E-state index contributed by atoms with van der Waals surface area (Å²) < 4.78 is 5.74. The molecular formula is C18H31N3OS. The molecule has 130 valence electrons. The van der Waals surface area contributed by atoms with Crippen LogP contribution in [0.3, 0.4) is 0 Å². The van der Waals surface area contributed by atoms with Gasteiger partial charge in [-0.1, -0.05) is 0 Å². The number of aromatic nitrogens is 1. The van der Waals surface area contributed by atoms with Crippen LogP contribution in [0.1, 0.15) is 49.7 Å². The molecule has 2 saturated heterocycles. The molecule has 0 aromatic carbocycles. The second-order valence-electron chi connectivity index (χ2n) is 7.26. The van der Waals surface area contributed by atoms with Gasteiger partial charge in [0.2, 0.25) is 0 Å². The van der Waals surface area contributed by atoms with Crippen molar-refractivity contribution in [1.29, 1.82) is 0 Å². The molecule has 23 heavy (non-hydrogen) atoms. The zero-order valence-corrected chi connectivity index (χ0v) is 15.4. The van der Waals surface area contributed by atoms with E-state index in [4.69, 9.17) is 4.74 Å². The van der Waals surface area contributed by atoms with Crippen molar-refractivity contribution in [3.63, 3.8) is 0 Å². The molecule has 2 aliphatic heterocycles. The van der Waals surface area contributed by atoms with E-state index in [1.807, 2.05) is 0 Å². The number of hydrogen-bond acceptors (Lipinski definition) is 5. The lowest BCUT2D eigenvalue weighted by Gasteiger charge is -2.32. The van der Waals surface area contributed by atoms with Gasteiger partial charge < -0.3 is 10.1 Å². The van der Waals surface area contributed by atoms with Gasteiger partial charge in [-0.3, -0.25) is 4.90 Å². The van der Waals surface area contributed by atoms with Crippen molar-refractivity contribution in [3.8, 4) is 0 Å². The minimum Gasteiger partial charge on any atom is -0.378 e. The van der Waals surface area contributed by atoms with Crippen LogP contribution in [0.2, 0.25) is 0 Å². The van der Waals surface area contributed by atoms with Gasteiger partial charge in [0.15, 0.2) is 0 Å². The summed E-state index contributed by atoms with van der Waals surface area (Å²) in [5.41, 5.74) is 1.24. The predicted octanol–water partition coefficient (Wildman–Crippen LogP) is 3.21. The molecule has 5 heteroatoms. The zero-order chi connectivity index (χ0) is 16.1. The van der Waals surface area contributed by atoms with Crippen molar-refractivity contribution in [2.45, 2.75) is 64.6 Å². The highest BCUT2D eigenvalue weighted by Gasteiger charge is 2.22. The average Bonchev–Trinajstić information content (AvgIpc) is 3.18. The summed E-state index contributed by atoms with van der Waals surface area (Å²) in [7, 11) is 0. The molecule has 1 N–H and O–H groups in total. The Morgan fingerprint density at radius 3 is 2.87 bits per heavy atom. The zero-order valence-electron chi connectivity index (χ0n) is 14.6. The lowest BCUT2D eigenvalue weighted by Crippen LogP contribution is -2.39. The highest BCUT2D eigenvalue weighted by Crippen LogP contribution is 2.20. The molecule has 1 aromatic rings. The Kier molecular flexibility index (Phi) is 6.45. The van der Waals surface area contributed by atoms with Crippen molar-refractivity contribution < 1.29 is 4.74 Å². The lowest BCUT2D eigenvalue weighted by molar-refractivity contribution is 0.0948. The number of likely N-dealkylation sites (tertiary alicyclic amines) is 1. The first kappa shape index (κ1) is 17.3. The summed E-state index contributed by atoms with van der Waals surface area (Å²) in [5, 5.41) is 7.12. The number of hydrogen-bond donors (Lipinski definition) is 1. The van der Waals surface area contributed by atoms with Crippen molar-refractivity contribution in [2.75, 3.05) is 26.2 Å². The monoisotopic (exact) mass is 337 g/mol. The lowest BCUT2D eigenvalue weighted by atomic mass is 9.96. The van der Waals surface area contributed by atoms with E-state index in [1.165, 1.54) is 55.9 Å². The molecule has 0 bridgehead atoms. The topological polar surface area (TPSA) is 37.4 Å². The third-order valence-corrected chi connectivity index (χ3v) is 5.98. The second-order valence-corrected chi connectivity index (χ2v) is 8.32. The fourth-order valence-electron chi connectivity index (χ4n) is 3.73. The molecule has 2 atom stereocenters. The van der Waals surface area contributed by atoms with Crippen LogP contribution in [0.5, 0.6) is 0 Å². The first-order valence-corrected chi connectivity index (χ1v) is 10.1. The fourth-order valence-corrected chi connectivity index (χ4v) is 4.34. The van der Waals surface area contributed by atoms with Gasteiger partial charge in [0.25, 0.3) is 0 Å². The molecule has 3 heterocycles. The number of ether oxygens (including phenoxy) is 1. The van der Waals surface area contributed by atoms with E-state index in [9.17, 15) is 0 Å². The Bertz CT molecular complexity index is 465. The van der Waals surface area contributed by atoms with Gasteiger partial charge in [-0.25, -0.2) is 4.98 Å². The van der Waals surface area contributed by atoms with E-state index >= 15 is 0 Å². The molecule has 0 amide bonds. The van der Waals surface area contributed by atoms with Gasteiger partial charge in [-0.15, -0.1) is 11.3 Å². The van der Waals surface area contributed by atoms with E-state index in [0.717, 1.165) is 25.6 Å². The summed E-state index contributed by atoms with van der Waals surface area (Å²) in [5.74, 6) is 0.829. The maximum absolute atomic E-state index is 5.74. The Labute approximate surface area is 144 Å². The molecule has 2 aliphatic rings. The second kappa shape index (κ2) is 8.56. The average molecular weight is 338 g/mol. The third kappa shape index (κ3) is 5.52. The first-order valence-electron chi connectivity index (χ1n) is 9.17. The largest absolute Gasteiger partial charge is 0.378 e. The Hall–Kier alpha value is -0.490. The van der Waals surface area contributed by atoms with E-state index in [0.29, 0.717) is 12.1 Å². The molecule has 3 rings (SSSR count). The van der Waals surface area contributed by atoms with Crippen molar-refractivity contribution in [3.05, 3.63) is 16.1 Å². The van der Waals surface area contributed by atoms with Crippen LogP contribution < -0.4 is 5.32 Å². The fraction of sp³-hybridized carbons (Fsp3) is 0.833. The molecule has 2 fully saturated rings. The van der Waals surface area contributed by atoms with Gasteiger partial charge >= 0.3 is 0 Å². The maximum atomic E-state index is 5.74. The Balaban J connectivity index is 1.31. The van der Waals surface area contributed by atoms with Crippen LogP contribution in [0.25, 0.3) is 0 Å². The van der Waals surface area contributed by atoms with Crippen molar-refractivity contribution in [2.24, 2.45) is 5.92 Å². The van der Waals surface area contributed by atoms with E-state index in [-0.39, 0.29) is 0 Å². The van der Waals surface area contributed by atoms with E-state index in [1.54, 1.807) is 11.3 Å². The van der Waals surface area contributed by atoms with Crippen molar-refractivity contribution >= 4 is 11.3 Å². The number of rotatable bonds is 7. The van der Waals surface area contributed by atoms with Gasteiger partial charge in [-0.05, 0) is 71.5 Å². The normalized spacial score (nSPS) is 25.0. The summed E-state index contributed by atoms with van der Waals surface area (Å²) in [6.45, 7) is 9.98. The number of thiazole rings is 1. The van der Waals surface area contributed by atoms with Crippen LogP contribution in [0, 0.1) is 12.8 Å². The highest BCUT2D eigenvalue weighted by molar-refractivity contribution is 7.09. The number of nitrogens with zero attached hydrogens (tertiary/aromatic N) is 2. The third-order valence-electron chi connectivity index (χ3n) is 5.15. The smallest absolute Gasteiger partial charge is 0.0897 e. The van der Waals surface area contributed by atoms with Crippen LogP contribution in [-0.4, -0.2) is 48.3 Å². The molecule has 0 aliphatic carbocycles. The quantitative estimate of drug-likeness (QED) is 0.829. The Morgan fingerprint density at radius 1 is 1.39 bits per heavy atom. The van der Waals surface area contributed by atoms with Crippen LogP contribution in [-0.2, 0) is 11.3 Å². The van der Waals surface area contributed by atoms with E-state index < -0.39 is 0 Å². The molecular weight excluding hydrogens is 306 g/mol. The van der Waals surface area contributed by atoms with Crippen LogP contribution in [0.4, 0.5) is 0 Å².